The first-order chi connectivity index (χ1) is 17.4. The van der Waals surface area contributed by atoms with Crippen molar-refractivity contribution in [2.75, 3.05) is 17.5 Å². The number of nitrogens with one attached hydrogen (secondary N) is 1. The molecule has 0 bridgehead atoms. The molecule has 0 spiro atoms. The van der Waals surface area contributed by atoms with Crippen LogP contribution in [-0.2, 0) is 14.8 Å². The molecular formula is C27H25N3O5S. The van der Waals surface area contributed by atoms with Gasteiger partial charge in [0, 0.05) is 5.56 Å². The summed E-state index contributed by atoms with van der Waals surface area (Å²) in [6.45, 7) is 1.81. The fourth-order valence-electron chi connectivity index (χ4n) is 3.66. The average Bonchev–Trinajstić information content (AvgIpc) is 2.90. The number of amides is 1. The molecule has 2 N–H and O–H groups in total. The summed E-state index contributed by atoms with van der Waals surface area (Å²) in [5.41, 5.74) is 3.10. The molecule has 0 heterocycles. The molecule has 0 atom stereocenters. The fraction of sp³-hybridized carbons (Fsp3) is 0.111. The van der Waals surface area contributed by atoms with E-state index in [0.717, 1.165) is 15.1 Å². The van der Waals surface area contributed by atoms with E-state index in [-0.39, 0.29) is 10.6 Å². The summed E-state index contributed by atoms with van der Waals surface area (Å²) in [6, 6.07) is 25.1. The van der Waals surface area contributed by atoms with Crippen molar-refractivity contribution in [2.45, 2.75) is 11.8 Å². The molecular weight excluding hydrogens is 478 g/mol. The standard InChI is InChI=1S/C27H25N3O5S/c1-2-35-22-15-13-21(14-16-22)30(36(33,34)23-9-4-3-5-10-23)19-27(32)29-28-18-25-24-11-7-6-8-20(24)12-17-26(25)31/h3-18,31H,2,19H2,1H3,(H,29,32)/b28-18-. The van der Waals surface area contributed by atoms with Gasteiger partial charge in [-0.15, -0.1) is 0 Å². The molecule has 0 aromatic heterocycles. The van der Waals surface area contributed by atoms with Gasteiger partial charge in [0.15, 0.2) is 0 Å². The molecule has 1 amide bonds. The van der Waals surface area contributed by atoms with E-state index in [1.165, 1.54) is 18.3 Å². The lowest BCUT2D eigenvalue weighted by atomic mass is 10.0. The van der Waals surface area contributed by atoms with Crippen molar-refractivity contribution in [3.8, 4) is 11.5 Å². The van der Waals surface area contributed by atoms with E-state index < -0.39 is 22.5 Å². The van der Waals surface area contributed by atoms with Gasteiger partial charge in [-0.1, -0.05) is 48.5 Å². The van der Waals surface area contributed by atoms with E-state index in [1.54, 1.807) is 54.6 Å². The highest BCUT2D eigenvalue weighted by atomic mass is 32.2. The van der Waals surface area contributed by atoms with Gasteiger partial charge in [0.05, 0.1) is 23.4 Å². The smallest absolute Gasteiger partial charge is 0.264 e. The predicted octanol–water partition coefficient (Wildman–Crippen LogP) is 4.29. The second-order valence-electron chi connectivity index (χ2n) is 7.76. The first-order valence-electron chi connectivity index (χ1n) is 11.2. The zero-order chi connectivity index (χ0) is 25.5. The number of rotatable bonds is 9. The maximum Gasteiger partial charge on any atom is 0.264 e. The van der Waals surface area contributed by atoms with Crippen LogP contribution in [-0.4, -0.2) is 38.8 Å². The lowest BCUT2D eigenvalue weighted by Gasteiger charge is -2.24. The first kappa shape index (κ1) is 24.7. The van der Waals surface area contributed by atoms with Crippen LogP contribution in [0.4, 0.5) is 5.69 Å². The Morgan fingerprint density at radius 2 is 1.67 bits per heavy atom. The number of hydrazone groups is 1. The summed E-state index contributed by atoms with van der Waals surface area (Å²) in [5.74, 6) is -0.0593. The third-order valence-corrected chi connectivity index (χ3v) is 7.17. The van der Waals surface area contributed by atoms with Gasteiger partial charge < -0.3 is 9.84 Å². The third kappa shape index (κ3) is 5.47. The van der Waals surface area contributed by atoms with E-state index in [2.05, 4.69) is 10.5 Å². The summed E-state index contributed by atoms with van der Waals surface area (Å²) in [6.07, 6.45) is 1.34. The van der Waals surface area contributed by atoms with Crippen molar-refractivity contribution < 1.29 is 23.1 Å². The van der Waals surface area contributed by atoms with Crippen LogP contribution in [0.1, 0.15) is 12.5 Å². The monoisotopic (exact) mass is 503 g/mol. The second-order valence-corrected chi connectivity index (χ2v) is 9.63. The van der Waals surface area contributed by atoms with Crippen molar-refractivity contribution in [3.63, 3.8) is 0 Å². The summed E-state index contributed by atoms with van der Waals surface area (Å²) in [5, 5.41) is 15.9. The Bertz CT molecular complexity index is 1490. The molecule has 4 aromatic rings. The van der Waals surface area contributed by atoms with Crippen molar-refractivity contribution in [2.24, 2.45) is 5.10 Å². The van der Waals surface area contributed by atoms with Crippen LogP contribution in [0, 0.1) is 0 Å². The number of ether oxygens (including phenoxy) is 1. The molecule has 0 fully saturated rings. The molecule has 0 radical (unpaired) electrons. The SMILES string of the molecule is CCOc1ccc(N(CC(=O)N/N=C\c2c(O)ccc3ccccc23)S(=O)(=O)c2ccccc2)cc1. The van der Waals surface area contributed by atoms with Crippen molar-refractivity contribution in [3.05, 3.63) is 96.6 Å². The van der Waals surface area contributed by atoms with E-state index in [1.807, 2.05) is 31.2 Å². The van der Waals surface area contributed by atoms with Crippen LogP contribution in [0.5, 0.6) is 11.5 Å². The molecule has 36 heavy (non-hydrogen) atoms. The lowest BCUT2D eigenvalue weighted by molar-refractivity contribution is -0.119. The average molecular weight is 504 g/mol. The van der Waals surface area contributed by atoms with E-state index in [0.29, 0.717) is 23.6 Å². The van der Waals surface area contributed by atoms with Crippen LogP contribution in [0.25, 0.3) is 10.8 Å². The largest absolute Gasteiger partial charge is 0.507 e. The highest BCUT2D eigenvalue weighted by molar-refractivity contribution is 7.92. The zero-order valence-electron chi connectivity index (χ0n) is 19.5. The molecule has 4 rings (SSSR count). The predicted molar refractivity (Wildman–Crippen MR) is 140 cm³/mol. The zero-order valence-corrected chi connectivity index (χ0v) is 20.4. The maximum absolute atomic E-state index is 13.4. The number of hydrogen-bond acceptors (Lipinski definition) is 6. The molecule has 8 nitrogen and oxygen atoms in total. The van der Waals surface area contributed by atoms with Crippen LogP contribution < -0.4 is 14.5 Å². The van der Waals surface area contributed by atoms with Gasteiger partial charge in [-0.3, -0.25) is 9.10 Å². The molecule has 0 saturated carbocycles. The number of fused-ring (bicyclic) bond motifs is 1. The molecule has 0 saturated heterocycles. The first-order valence-corrected chi connectivity index (χ1v) is 12.7. The van der Waals surface area contributed by atoms with Crippen LogP contribution in [0.2, 0.25) is 0 Å². The van der Waals surface area contributed by atoms with Crippen molar-refractivity contribution in [1.82, 2.24) is 5.43 Å². The minimum absolute atomic E-state index is 0.00867. The molecule has 184 valence electrons. The van der Waals surface area contributed by atoms with Gasteiger partial charge in [-0.05, 0) is 60.2 Å². The number of carbonyl (C=O) groups is 1. The van der Waals surface area contributed by atoms with Gasteiger partial charge in [-0.25, -0.2) is 13.8 Å². The van der Waals surface area contributed by atoms with E-state index in [9.17, 15) is 18.3 Å². The fourth-order valence-corrected chi connectivity index (χ4v) is 5.11. The van der Waals surface area contributed by atoms with Crippen molar-refractivity contribution >= 4 is 38.6 Å². The topological polar surface area (TPSA) is 108 Å². The number of nitrogens with zero attached hydrogens (tertiary/aromatic N) is 2. The number of carbonyl (C=O) groups excluding carboxylic acids is 1. The quantitative estimate of drug-likeness (QED) is 0.262. The second kappa shape index (κ2) is 10.9. The normalized spacial score (nSPS) is 11.5. The Morgan fingerprint density at radius 1 is 0.972 bits per heavy atom. The number of benzene rings is 4. The molecule has 0 aliphatic heterocycles. The number of sulfonamides is 1. The number of hydrogen-bond donors (Lipinski definition) is 2. The Kier molecular flexibility index (Phi) is 7.50. The molecule has 0 unspecified atom stereocenters. The Labute approximate surface area is 209 Å². The number of aromatic hydroxyl groups is 1. The Morgan fingerprint density at radius 3 is 2.39 bits per heavy atom. The maximum atomic E-state index is 13.4. The minimum atomic E-state index is -4.05. The summed E-state index contributed by atoms with van der Waals surface area (Å²) in [7, 11) is -4.05. The van der Waals surface area contributed by atoms with E-state index in [4.69, 9.17) is 4.74 Å². The van der Waals surface area contributed by atoms with Crippen LogP contribution in [0.15, 0.2) is 101 Å². The van der Waals surface area contributed by atoms with Gasteiger partial charge in [0.2, 0.25) is 0 Å². The number of anilines is 1. The van der Waals surface area contributed by atoms with Gasteiger partial charge in [0.25, 0.3) is 15.9 Å². The van der Waals surface area contributed by atoms with Gasteiger partial charge in [0.1, 0.15) is 18.0 Å². The van der Waals surface area contributed by atoms with E-state index >= 15 is 0 Å². The lowest BCUT2D eigenvalue weighted by Crippen LogP contribution is -2.39. The highest BCUT2D eigenvalue weighted by Gasteiger charge is 2.27. The summed E-state index contributed by atoms with van der Waals surface area (Å²) < 4.78 is 33.3. The minimum Gasteiger partial charge on any atom is -0.507 e. The molecule has 4 aromatic carbocycles. The van der Waals surface area contributed by atoms with Gasteiger partial charge in [-0.2, -0.15) is 5.10 Å². The summed E-state index contributed by atoms with van der Waals surface area (Å²) in [4.78, 5) is 12.8. The Balaban J connectivity index is 1.58. The molecule has 0 aliphatic carbocycles. The molecule has 0 aliphatic rings. The molecule has 9 heteroatoms. The van der Waals surface area contributed by atoms with Crippen molar-refractivity contribution in [1.29, 1.82) is 0 Å². The van der Waals surface area contributed by atoms with Crippen LogP contribution in [0.3, 0.4) is 0 Å². The van der Waals surface area contributed by atoms with Gasteiger partial charge >= 0.3 is 0 Å². The van der Waals surface area contributed by atoms with Crippen LogP contribution >= 0.6 is 0 Å². The Hall–Kier alpha value is -4.37. The number of phenolic OH excluding ortho intramolecular Hbond substituents is 1. The highest BCUT2D eigenvalue weighted by Crippen LogP contribution is 2.27. The summed E-state index contributed by atoms with van der Waals surface area (Å²) >= 11 is 0. The third-order valence-electron chi connectivity index (χ3n) is 5.38. The number of phenols is 1.